The molecule has 3 amide bonds. The molecule has 0 saturated carbocycles. The second-order valence-electron chi connectivity index (χ2n) is 12.6. The number of aliphatic carboxylic acids is 1. The second-order valence-corrected chi connectivity index (χ2v) is 12.6. The van der Waals surface area contributed by atoms with Crippen molar-refractivity contribution in [3.8, 4) is 0 Å². The van der Waals surface area contributed by atoms with Crippen molar-refractivity contribution >= 4 is 35.6 Å². The fraction of sp³-hybridized carbons (Fsp3) is 0.838. The van der Waals surface area contributed by atoms with E-state index in [2.05, 4.69) is 20.7 Å². The highest BCUT2D eigenvalue weighted by atomic mass is 16.5. The third-order valence-electron chi connectivity index (χ3n) is 8.08. The predicted molar refractivity (Wildman–Crippen MR) is 196 cm³/mol. The molecule has 0 fully saturated rings. The van der Waals surface area contributed by atoms with Crippen molar-refractivity contribution in [2.45, 2.75) is 122 Å². The molecule has 0 spiro atoms. The summed E-state index contributed by atoms with van der Waals surface area (Å²) in [5, 5.41) is 16.5. The number of carboxylic acid groups (broad SMARTS) is 1. The van der Waals surface area contributed by atoms with Crippen molar-refractivity contribution in [3.05, 3.63) is 0 Å². The van der Waals surface area contributed by atoms with Crippen LogP contribution in [0.25, 0.3) is 0 Å². The van der Waals surface area contributed by atoms with Gasteiger partial charge in [-0.05, 0) is 19.3 Å². The van der Waals surface area contributed by atoms with Crippen LogP contribution < -0.4 is 16.0 Å². The average molecular weight is 762 g/mol. The van der Waals surface area contributed by atoms with E-state index in [1.807, 2.05) is 0 Å². The number of carbonyl (C=O) groups excluding carboxylic acids is 5. The van der Waals surface area contributed by atoms with E-state index in [1.165, 1.54) is 65.6 Å². The van der Waals surface area contributed by atoms with Crippen LogP contribution >= 0.6 is 0 Å². The second kappa shape index (κ2) is 37.0. The number of methoxy groups -OCH3 is 2. The number of ether oxygens (including phenoxy) is 6. The maximum absolute atomic E-state index is 12.5. The molecule has 4 N–H and O–H groups in total. The van der Waals surface area contributed by atoms with Crippen molar-refractivity contribution in [2.75, 3.05) is 80.2 Å². The van der Waals surface area contributed by atoms with Crippen LogP contribution in [0.1, 0.15) is 116 Å². The summed E-state index contributed by atoms with van der Waals surface area (Å²) in [5.41, 5.74) is 0. The van der Waals surface area contributed by atoms with E-state index in [0.29, 0.717) is 12.8 Å². The molecule has 0 aliphatic carbocycles. The molecule has 0 aliphatic rings. The molecule has 0 aromatic heterocycles. The molecule has 53 heavy (non-hydrogen) atoms. The van der Waals surface area contributed by atoms with Gasteiger partial charge >= 0.3 is 17.9 Å². The van der Waals surface area contributed by atoms with Crippen molar-refractivity contribution < 1.29 is 62.3 Å². The Morgan fingerprint density at radius 3 is 1.43 bits per heavy atom. The predicted octanol–water partition coefficient (Wildman–Crippen LogP) is 3.22. The number of rotatable bonds is 38. The SMILES string of the molecule is COC(=O)CCCCCCCCCCCCCCCCC(=O)NC(CCC(=O)NCCOCCOCC(=O)NCCOCCOCC(=O)O)C(=O)OC. The molecule has 1 atom stereocenters. The van der Waals surface area contributed by atoms with Crippen molar-refractivity contribution in [1.29, 1.82) is 0 Å². The molecule has 308 valence electrons. The van der Waals surface area contributed by atoms with E-state index in [1.54, 1.807) is 0 Å². The minimum absolute atomic E-state index is 0.0281. The van der Waals surface area contributed by atoms with Gasteiger partial charge in [-0.1, -0.05) is 77.0 Å². The fourth-order valence-corrected chi connectivity index (χ4v) is 5.14. The van der Waals surface area contributed by atoms with Crippen LogP contribution in [-0.2, 0) is 57.2 Å². The number of nitrogens with one attached hydrogen (secondary N) is 3. The number of hydrogen-bond acceptors (Lipinski definition) is 12. The van der Waals surface area contributed by atoms with Crippen LogP contribution in [0.4, 0.5) is 0 Å². The number of amides is 3. The smallest absolute Gasteiger partial charge is 0.329 e. The van der Waals surface area contributed by atoms with Crippen molar-refractivity contribution in [1.82, 2.24) is 16.0 Å². The van der Waals surface area contributed by atoms with Gasteiger partial charge < -0.3 is 49.5 Å². The Balaban J connectivity index is 3.75. The molecule has 16 heteroatoms. The number of hydrogen-bond donors (Lipinski definition) is 4. The largest absolute Gasteiger partial charge is 0.480 e. The van der Waals surface area contributed by atoms with Gasteiger partial charge in [-0.25, -0.2) is 9.59 Å². The summed E-state index contributed by atoms with van der Waals surface area (Å²) >= 11 is 0. The topological polar surface area (TPSA) is 214 Å². The van der Waals surface area contributed by atoms with Gasteiger partial charge in [0.15, 0.2) is 0 Å². The lowest BCUT2D eigenvalue weighted by molar-refractivity contribution is -0.145. The number of unbranched alkanes of at least 4 members (excludes halogenated alkanes) is 13. The molecule has 0 heterocycles. The summed E-state index contributed by atoms with van der Waals surface area (Å²) in [4.78, 5) is 70.0. The van der Waals surface area contributed by atoms with Crippen molar-refractivity contribution in [3.63, 3.8) is 0 Å². The van der Waals surface area contributed by atoms with Crippen LogP contribution in [0.5, 0.6) is 0 Å². The van der Waals surface area contributed by atoms with E-state index >= 15 is 0 Å². The van der Waals surface area contributed by atoms with E-state index in [0.717, 1.165) is 38.5 Å². The lowest BCUT2D eigenvalue weighted by atomic mass is 10.0. The zero-order valence-electron chi connectivity index (χ0n) is 32.2. The summed E-state index contributed by atoms with van der Waals surface area (Å²) in [6.07, 6.45) is 16.8. The number of carbonyl (C=O) groups is 6. The van der Waals surface area contributed by atoms with Crippen LogP contribution in [0.2, 0.25) is 0 Å². The van der Waals surface area contributed by atoms with Crippen LogP contribution in [0.15, 0.2) is 0 Å². The molecule has 0 aromatic rings. The van der Waals surface area contributed by atoms with Gasteiger partial charge in [0.2, 0.25) is 17.7 Å². The molecule has 0 rings (SSSR count). The lowest BCUT2D eigenvalue weighted by Crippen LogP contribution is -2.42. The molecule has 0 bridgehead atoms. The summed E-state index contributed by atoms with van der Waals surface area (Å²) < 4.78 is 30.1. The monoisotopic (exact) mass is 761 g/mol. The van der Waals surface area contributed by atoms with Gasteiger partial charge in [-0.2, -0.15) is 0 Å². The summed E-state index contributed by atoms with van der Waals surface area (Å²) in [6.45, 7) is 1.26. The first kappa shape index (κ1) is 49.7. The van der Waals surface area contributed by atoms with E-state index in [-0.39, 0.29) is 102 Å². The summed E-state index contributed by atoms with van der Waals surface area (Å²) in [6, 6.07) is -0.895. The minimum Gasteiger partial charge on any atom is -0.480 e. The first-order valence-corrected chi connectivity index (χ1v) is 19.2. The Labute approximate surface area is 315 Å². The third kappa shape index (κ3) is 35.5. The lowest BCUT2D eigenvalue weighted by Gasteiger charge is -2.16. The maximum atomic E-state index is 12.5. The molecular weight excluding hydrogens is 694 g/mol. The number of esters is 2. The molecule has 1 unspecified atom stereocenters. The highest BCUT2D eigenvalue weighted by Gasteiger charge is 2.22. The van der Waals surface area contributed by atoms with Gasteiger partial charge in [0.1, 0.15) is 19.3 Å². The molecule has 0 aliphatic heterocycles. The Morgan fingerprint density at radius 2 is 0.943 bits per heavy atom. The average Bonchev–Trinajstić information content (AvgIpc) is 3.14. The van der Waals surface area contributed by atoms with Crippen LogP contribution in [-0.4, -0.2) is 127 Å². The number of carboxylic acids is 1. The Hall–Kier alpha value is -3.34. The highest BCUT2D eigenvalue weighted by molar-refractivity contribution is 5.85. The first-order valence-electron chi connectivity index (χ1n) is 19.2. The Morgan fingerprint density at radius 1 is 0.491 bits per heavy atom. The van der Waals surface area contributed by atoms with Gasteiger partial charge in [-0.3, -0.25) is 19.2 Å². The standard InChI is InChI=1S/C37H67N3O13/c1-48-36(46)18-16-14-12-10-8-6-4-3-5-7-9-11-13-15-17-33(42)40-31(37(47)49-2)19-20-32(41)38-21-23-50-25-27-52-29-34(43)39-22-24-51-26-28-53-30-35(44)45/h31H,3-30H2,1-2H3,(H,38,41)(H,39,43)(H,40,42)(H,44,45). The van der Waals surface area contributed by atoms with Gasteiger partial charge in [0.05, 0.1) is 53.9 Å². The van der Waals surface area contributed by atoms with E-state index in [9.17, 15) is 28.8 Å². The normalized spacial score (nSPS) is 11.4. The molecule has 0 aromatic carbocycles. The van der Waals surface area contributed by atoms with E-state index < -0.39 is 18.0 Å². The molecule has 16 nitrogen and oxygen atoms in total. The summed E-state index contributed by atoms with van der Waals surface area (Å²) in [7, 11) is 2.68. The third-order valence-corrected chi connectivity index (χ3v) is 8.08. The fourth-order valence-electron chi connectivity index (χ4n) is 5.14. The van der Waals surface area contributed by atoms with Gasteiger partial charge in [-0.15, -0.1) is 0 Å². The van der Waals surface area contributed by atoms with Crippen LogP contribution in [0.3, 0.4) is 0 Å². The van der Waals surface area contributed by atoms with Gasteiger partial charge in [0.25, 0.3) is 0 Å². The van der Waals surface area contributed by atoms with Crippen molar-refractivity contribution in [2.24, 2.45) is 0 Å². The highest BCUT2D eigenvalue weighted by Crippen LogP contribution is 2.14. The zero-order chi connectivity index (χ0) is 39.2. The molecule has 0 saturated heterocycles. The van der Waals surface area contributed by atoms with Crippen LogP contribution in [0, 0.1) is 0 Å². The zero-order valence-corrected chi connectivity index (χ0v) is 32.2. The molecule has 0 radical (unpaired) electrons. The quantitative estimate of drug-likeness (QED) is 0.0526. The molecular formula is C37H67N3O13. The summed E-state index contributed by atoms with van der Waals surface area (Å²) in [5.74, 6) is -2.60. The maximum Gasteiger partial charge on any atom is 0.329 e. The minimum atomic E-state index is -1.05. The Kier molecular flexibility index (Phi) is 34.7. The van der Waals surface area contributed by atoms with Gasteiger partial charge in [0, 0.05) is 32.4 Å². The first-order chi connectivity index (χ1) is 25.7. The Bertz CT molecular complexity index is 984. The van der Waals surface area contributed by atoms with E-state index in [4.69, 9.17) is 28.8 Å².